The first-order chi connectivity index (χ1) is 11.8. The van der Waals surface area contributed by atoms with Crippen LogP contribution in [0.25, 0.3) is 0 Å². The Morgan fingerprint density at radius 1 is 1.20 bits per heavy atom. The number of ether oxygens (including phenoxy) is 1. The van der Waals surface area contributed by atoms with Crippen LogP contribution in [0.15, 0.2) is 11.6 Å². The van der Waals surface area contributed by atoms with E-state index in [4.69, 9.17) is 4.74 Å². The van der Waals surface area contributed by atoms with Gasteiger partial charge >= 0.3 is 5.97 Å². The first kappa shape index (κ1) is 20.4. The monoisotopic (exact) mass is 350 g/mol. The number of esters is 1. The van der Waals surface area contributed by atoms with Gasteiger partial charge in [-0.25, -0.2) is 4.79 Å². The number of hydrogen-bond acceptors (Lipinski definition) is 4. The van der Waals surface area contributed by atoms with Crippen LogP contribution in [0, 0.1) is 5.92 Å². The van der Waals surface area contributed by atoms with Crippen molar-refractivity contribution in [2.45, 2.75) is 90.8 Å². The molecule has 1 unspecified atom stereocenters. The number of nitrogens with zero attached hydrogens (tertiary/aromatic N) is 1. The zero-order chi connectivity index (χ0) is 18.4. The molecule has 1 aliphatic carbocycles. The van der Waals surface area contributed by atoms with Crippen molar-refractivity contribution in [2.75, 3.05) is 19.6 Å². The van der Waals surface area contributed by atoms with E-state index in [0.29, 0.717) is 12.1 Å². The molecule has 0 bridgehead atoms. The third-order valence-electron chi connectivity index (χ3n) is 5.47. The minimum atomic E-state index is -0.424. The van der Waals surface area contributed by atoms with Gasteiger partial charge in [-0.3, -0.25) is 4.90 Å². The van der Waals surface area contributed by atoms with Gasteiger partial charge in [0, 0.05) is 18.2 Å². The fourth-order valence-corrected chi connectivity index (χ4v) is 4.25. The van der Waals surface area contributed by atoms with Gasteiger partial charge in [-0.2, -0.15) is 0 Å². The smallest absolute Gasteiger partial charge is 0.331 e. The van der Waals surface area contributed by atoms with E-state index in [1.165, 1.54) is 45.2 Å². The highest BCUT2D eigenvalue weighted by Gasteiger charge is 2.35. The summed E-state index contributed by atoms with van der Waals surface area (Å²) < 4.78 is 5.36. The Morgan fingerprint density at radius 2 is 1.88 bits per heavy atom. The molecule has 0 aromatic heterocycles. The lowest BCUT2D eigenvalue weighted by Gasteiger charge is -2.42. The fourth-order valence-electron chi connectivity index (χ4n) is 4.25. The molecule has 144 valence electrons. The number of nitrogens with one attached hydrogen (secondary N) is 1. The van der Waals surface area contributed by atoms with Crippen LogP contribution < -0.4 is 5.32 Å². The molecule has 1 heterocycles. The van der Waals surface area contributed by atoms with Gasteiger partial charge in [0.25, 0.3) is 0 Å². The van der Waals surface area contributed by atoms with Crippen LogP contribution in [0.4, 0.5) is 0 Å². The summed E-state index contributed by atoms with van der Waals surface area (Å²) in [4.78, 5) is 14.6. The average molecular weight is 351 g/mol. The molecule has 1 saturated carbocycles. The lowest BCUT2D eigenvalue weighted by atomic mass is 9.81. The van der Waals surface area contributed by atoms with Gasteiger partial charge in [-0.05, 0) is 85.4 Å². The van der Waals surface area contributed by atoms with Crippen molar-refractivity contribution in [3.8, 4) is 0 Å². The Morgan fingerprint density at radius 3 is 2.52 bits per heavy atom. The van der Waals surface area contributed by atoms with E-state index in [0.717, 1.165) is 24.5 Å². The number of likely N-dealkylation sites (tertiary alicyclic amines) is 1. The van der Waals surface area contributed by atoms with Crippen LogP contribution >= 0.6 is 0 Å². The van der Waals surface area contributed by atoms with E-state index >= 15 is 0 Å². The average Bonchev–Trinajstić information content (AvgIpc) is 3.00. The lowest BCUT2D eigenvalue weighted by Crippen LogP contribution is -2.54. The van der Waals surface area contributed by atoms with E-state index in [2.05, 4.69) is 17.1 Å². The zero-order valence-corrected chi connectivity index (χ0v) is 16.9. The highest BCUT2D eigenvalue weighted by molar-refractivity contribution is 5.83. The van der Waals surface area contributed by atoms with E-state index in [9.17, 15) is 4.79 Å². The summed E-state index contributed by atoms with van der Waals surface area (Å²) in [5, 5.41) is 3.82. The predicted molar refractivity (Wildman–Crippen MR) is 104 cm³/mol. The summed E-state index contributed by atoms with van der Waals surface area (Å²) in [6.45, 7) is 13.6. The molecule has 4 heteroatoms. The van der Waals surface area contributed by atoms with Gasteiger partial charge < -0.3 is 10.1 Å². The van der Waals surface area contributed by atoms with Crippen LogP contribution in [0.2, 0.25) is 0 Å². The molecular weight excluding hydrogens is 312 g/mol. The lowest BCUT2D eigenvalue weighted by molar-refractivity contribution is -0.148. The van der Waals surface area contributed by atoms with Crippen molar-refractivity contribution in [3.63, 3.8) is 0 Å². The molecule has 0 spiro atoms. The van der Waals surface area contributed by atoms with Gasteiger partial charge in [0.1, 0.15) is 5.60 Å². The molecule has 3 atom stereocenters. The topological polar surface area (TPSA) is 41.6 Å². The Kier molecular flexibility index (Phi) is 7.51. The van der Waals surface area contributed by atoms with Crippen LogP contribution in [0.3, 0.4) is 0 Å². The Hall–Kier alpha value is -0.870. The Balaban J connectivity index is 1.82. The summed E-state index contributed by atoms with van der Waals surface area (Å²) in [5.41, 5.74) is 0.662. The van der Waals surface area contributed by atoms with Crippen LogP contribution in [0.5, 0.6) is 0 Å². The summed E-state index contributed by atoms with van der Waals surface area (Å²) in [6.07, 6.45) is 9.27. The number of carbonyl (C=O) groups is 1. The summed E-state index contributed by atoms with van der Waals surface area (Å²) in [6, 6.07) is 1.28. The quantitative estimate of drug-likeness (QED) is 0.582. The third-order valence-corrected chi connectivity index (χ3v) is 5.47. The standard InChI is InChI=1S/C21H38N2O2/c1-16(15-19(24)25-21(3,4)5)11-12-22-20-17(2)9-8-10-18(20)23-13-6-7-14-23/h15,17-18,20,22H,6-14H2,1-5H3/b16-15+/t17?,18-,20-/m1/s1. The predicted octanol–water partition coefficient (Wildman–Crippen LogP) is 3.91. The van der Waals surface area contributed by atoms with Gasteiger partial charge in [0.2, 0.25) is 0 Å². The molecule has 2 fully saturated rings. The summed E-state index contributed by atoms with van der Waals surface area (Å²) in [7, 11) is 0. The maximum absolute atomic E-state index is 11.9. The molecule has 0 amide bonds. The van der Waals surface area contributed by atoms with Crippen LogP contribution in [-0.2, 0) is 9.53 Å². The van der Waals surface area contributed by atoms with Crippen molar-refractivity contribution in [1.29, 1.82) is 0 Å². The van der Waals surface area contributed by atoms with Gasteiger partial charge in [-0.1, -0.05) is 18.9 Å². The van der Waals surface area contributed by atoms with E-state index in [-0.39, 0.29) is 5.97 Å². The molecule has 0 radical (unpaired) electrons. The highest BCUT2D eigenvalue weighted by Crippen LogP contribution is 2.30. The molecule has 1 N–H and O–H groups in total. The first-order valence-electron chi connectivity index (χ1n) is 10.1. The van der Waals surface area contributed by atoms with Crippen molar-refractivity contribution in [1.82, 2.24) is 10.2 Å². The number of rotatable bonds is 6. The normalized spacial score (nSPS) is 29.0. The van der Waals surface area contributed by atoms with Crippen LogP contribution in [-0.4, -0.2) is 48.2 Å². The maximum Gasteiger partial charge on any atom is 0.331 e. The molecule has 0 aromatic rings. The van der Waals surface area contributed by atoms with Gasteiger partial charge in [0.15, 0.2) is 0 Å². The Bertz CT molecular complexity index is 461. The second kappa shape index (κ2) is 9.18. The van der Waals surface area contributed by atoms with Crippen LogP contribution in [0.1, 0.15) is 73.1 Å². The first-order valence-corrected chi connectivity index (χ1v) is 10.1. The largest absolute Gasteiger partial charge is 0.457 e. The fraction of sp³-hybridized carbons (Fsp3) is 0.857. The van der Waals surface area contributed by atoms with Crippen molar-refractivity contribution >= 4 is 5.97 Å². The van der Waals surface area contributed by atoms with E-state index in [1.807, 2.05) is 27.7 Å². The summed E-state index contributed by atoms with van der Waals surface area (Å²) >= 11 is 0. The highest BCUT2D eigenvalue weighted by atomic mass is 16.6. The van der Waals surface area contributed by atoms with Gasteiger partial charge in [0.05, 0.1) is 0 Å². The number of carbonyl (C=O) groups excluding carboxylic acids is 1. The molecule has 1 saturated heterocycles. The second-order valence-electron chi connectivity index (χ2n) is 8.97. The zero-order valence-electron chi connectivity index (χ0n) is 16.9. The molecule has 2 aliphatic rings. The SMILES string of the molecule is C/C(=C\C(=O)OC(C)(C)C)CCN[C@@H]1C(C)CCC[C@H]1N1CCCC1. The van der Waals surface area contributed by atoms with Crippen molar-refractivity contribution in [3.05, 3.63) is 11.6 Å². The molecule has 2 rings (SSSR count). The van der Waals surface area contributed by atoms with Crippen molar-refractivity contribution in [2.24, 2.45) is 5.92 Å². The minimum Gasteiger partial charge on any atom is -0.457 e. The molecule has 25 heavy (non-hydrogen) atoms. The third kappa shape index (κ3) is 6.74. The van der Waals surface area contributed by atoms with E-state index < -0.39 is 5.60 Å². The minimum absolute atomic E-state index is 0.231. The molecule has 4 nitrogen and oxygen atoms in total. The molecule has 1 aliphatic heterocycles. The number of hydrogen-bond donors (Lipinski definition) is 1. The summed E-state index contributed by atoms with van der Waals surface area (Å²) in [5.74, 6) is 0.500. The maximum atomic E-state index is 11.9. The van der Waals surface area contributed by atoms with Gasteiger partial charge in [-0.15, -0.1) is 0 Å². The molecule has 0 aromatic carbocycles. The second-order valence-corrected chi connectivity index (χ2v) is 8.97. The van der Waals surface area contributed by atoms with E-state index in [1.54, 1.807) is 6.08 Å². The van der Waals surface area contributed by atoms with Crippen molar-refractivity contribution < 1.29 is 9.53 Å². The Labute approximate surface area is 154 Å². The molecular formula is C21H38N2O2.